The van der Waals surface area contributed by atoms with Gasteiger partial charge in [0.2, 0.25) is 0 Å². The highest BCUT2D eigenvalue weighted by molar-refractivity contribution is 7.85. The highest BCUT2D eigenvalue weighted by Crippen LogP contribution is 2.21. The van der Waals surface area contributed by atoms with Crippen molar-refractivity contribution in [3.63, 3.8) is 0 Å². The predicted molar refractivity (Wildman–Crippen MR) is 63.4 cm³/mol. The van der Waals surface area contributed by atoms with Crippen LogP contribution in [0.25, 0.3) is 0 Å². The van der Waals surface area contributed by atoms with Crippen LogP contribution in [0.4, 0.5) is 10.1 Å². The van der Waals surface area contributed by atoms with E-state index in [0.717, 1.165) is 6.07 Å². The molecule has 1 fully saturated rings. The molecule has 1 saturated heterocycles. The van der Waals surface area contributed by atoms with Gasteiger partial charge in [0.1, 0.15) is 5.82 Å². The SMILES string of the molecule is O=C(O)c1ccc(N2CCS(=O)CC2)c(F)c1. The molecule has 1 N–H and O–H groups in total. The van der Waals surface area contributed by atoms with Crippen LogP contribution in [0.15, 0.2) is 18.2 Å². The summed E-state index contributed by atoms with van der Waals surface area (Å²) >= 11 is 0. The second-order valence-corrected chi connectivity index (χ2v) is 5.50. The molecule has 0 spiro atoms. The quantitative estimate of drug-likeness (QED) is 0.861. The van der Waals surface area contributed by atoms with Crippen molar-refractivity contribution in [2.45, 2.75) is 0 Å². The fraction of sp³-hybridized carbons (Fsp3) is 0.364. The third-order valence-electron chi connectivity index (χ3n) is 2.71. The second kappa shape index (κ2) is 4.83. The number of nitrogens with zero attached hydrogens (tertiary/aromatic N) is 1. The van der Waals surface area contributed by atoms with Crippen LogP contribution in [0.2, 0.25) is 0 Å². The maximum Gasteiger partial charge on any atom is 0.335 e. The molecule has 0 aliphatic carbocycles. The van der Waals surface area contributed by atoms with Crippen LogP contribution in [-0.4, -0.2) is 39.9 Å². The normalized spacial score (nSPS) is 17.1. The predicted octanol–water partition coefficient (Wildman–Crippen LogP) is 1.09. The van der Waals surface area contributed by atoms with Crippen LogP contribution in [0.5, 0.6) is 0 Å². The Labute approximate surface area is 101 Å². The smallest absolute Gasteiger partial charge is 0.335 e. The number of aromatic carboxylic acids is 1. The minimum absolute atomic E-state index is 0.0631. The maximum absolute atomic E-state index is 13.7. The third-order valence-corrected chi connectivity index (χ3v) is 3.99. The molecule has 92 valence electrons. The van der Waals surface area contributed by atoms with E-state index in [1.165, 1.54) is 12.1 Å². The molecule has 0 aromatic heterocycles. The number of anilines is 1. The number of halogens is 1. The van der Waals surface area contributed by atoms with E-state index in [1.807, 2.05) is 0 Å². The Bertz CT molecular complexity index is 468. The highest BCUT2D eigenvalue weighted by Gasteiger charge is 2.19. The molecule has 0 amide bonds. The van der Waals surface area contributed by atoms with Crippen LogP contribution in [0.1, 0.15) is 10.4 Å². The molecule has 0 bridgehead atoms. The molecule has 4 nitrogen and oxygen atoms in total. The van der Waals surface area contributed by atoms with Gasteiger partial charge in [0.05, 0.1) is 11.3 Å². The molecule has 1 aromatic carbocycles. The standard InChI is InChI=1S/C11H12FNO3S/c12-9-7-8(11(14)15)1-2-10(9)13-3-5-17(16)6-4-13/h1-2,7H,3-6H2,(H,14,15). The lowest BCUT2D eigenvalue weighted by molar-refractivity contribution is 0.0696. The topological polar surface area (TPSA) is 57.6 Å². The van der Waals surface area contributed by atoms with Gasteiger partial charge in [0, 0.05) is 35.4 Å². The molecule has 1 aliphatic rings. The molecule has 1 aliphatic heterocycles. The summed E-state index contributed by atoms with van der Waals surface area (Å²) in [6.45, 7) is 1.08. The second-order valence-electron chi connectivity index (χ2n) is 3.81. The Hall–Kier alpha value is -1.43. The first kappa shape index (κ1) is 12.0. The Morgan fingerprint density at radius 1 is 1.35 bits per heavy atom. The molecule has 0 radical (unpaired) electrons. The van der Waals surface area contributed by atoms with E-state index in [2.05, 4.69) is 0 Å². The summed E-state index contributed by atoms with van der Waals surface area (Å²) in [6.07, 6.45) is 0. The monoisotopic (exact) mass is 257 g/mol. The number of rotatable bonds is 2. The van der Waals surface area contributed by atoms with E-state index < -0.39 is 22.6 Å². The van der Waals surface area contributed by atoms with Crippen LogP contribution in [-0.2, 0) is 10.8 Å². The number of hydrogen-bond donors (Lipinski definition) is 1. The Morgan fingerprint density at radius 3 is 2.53 bits per heavy atom. The van der Waals surface area contributed by atoms with Crippen molar-refractivity contribution in [2.24, 2.45) is 0 Å². The minimum Gasteiger partial charge on any atom is -0.478 e. The van der Waals surface area contributed by atoms with Crippen molar-refractivity contribution in [2.75, 3.05) is 29.5 Å². The summed E-state index contributed by atoms with van der Waals surface area (Å²) in [5.41, 5.74) is 0.318. The Morgan fingerprint density at radius 2 is 2.00 bits per heavy atom. The average Bonchev–Trinajstić information content (AvgIpc) is 2.30. The van der Waals surface area contributed by atoms with Crippen molar-refractivity contribution >= 4 is 22.5 Å². The third kappa shape index (κ3) is 2.63. The summed E-state index contributed by atoms with van der Waals surface area (Å²) in [6, 6.07) is 3.86. The molecular formula is C11H12FNO3S. The van der Waals surface area contributed by atoms with Gasteiger partial charge in [-0.3, -0.25) is 4.21 Å². The van der Waals surface area contributed by atoms with Crippen molar-refractivity contribution in [3.05, 3.63) is 29.6 Å². The lowest BCUT2D eigenvalue weighted by Crippen LogP contribution is -2.38. The summed E-state index contributed by atoms with van der Waals surface area (Å²) in [7, 11) is -0.811. The van der Waals surface area contributed by atoms with Crippen molar-refractivity contribution in [1.29, 1.82) is 0 Å². The van der Waals surface area contributed by atoms with Crippen molar-refractivity contribution in [3.8, 4) is 0 Å². The van der Waals surface area contributed by atoms with Crippen LogP contribution < -0.4 is 4.90 Å². The van der Waals surface area contributed by atoms with Gasteiger partial charge in [-0.15, -0.1) is 0 Å². The van der Waals surface area contributed by atoms with Crippen LogP contribution in [0.3, 0.4) is 0 Å². The van der Waals surface area contributed by atoms with Gasteiger partial charge in [-0.05, 0) is 18.2 Å². The number of carboxylic acid groups (broad SMARTS) is 1. The maximum atomic E-state index is 13.7. The van der Waals surface area contributed by atoms with Crippen molar-refractivity contribution in [1.82, 2.24) is 0 Å². The number of carboxylic acids is 1. The molecule has 2 rings (SSSR count). The van der Waals surface area contributed by atoms with Crippen LogP contribution >= 0.6 is 0 Å². The average molecular weight is 257 g/mol. The first-order valence-corrected chi connectivity index (χ1v) is 6.69. The number of hydrogen-bond acceptors (Lipinski definition) is 3. The molecule has 0 saturated carbocycles. The van der Waals surface area contributed by atoms with Gasteiger partial charge in [0.15, 0.2) is 0 Å². The van der Waals surface area contributed by atoms with Crippen LogP contribution in [0, 0.1) is 5.82 Å². The van der Waals surface area contributed by atoms with Gasteiger partial charge in [-0.2, -0.15) is 0 Å². The van der Waals surface area contributed by atoms with Crippen molar-refractivity contribution < 1.29 is 18.5 Å². The first-order chi connectivity index (χ1) is 8.08. The first-order valence-electron chi connectivity index (χ1n) is 5.20. The van der Waals surface area contributed by atoms with E-state index in [1.54, 1.807) is 4.90 Å². The van der Waals surface area contributed by atoms with Gasteiger partial charge < -0.3 is 10.0 Å². The fourth-order valence-corrected chi connectivity index (χ4v) is 2.83. The van der Waals surface area contributed by atoms with E-state index in [0.29, 0.717) is 30.3 Å². The zero-order valence-electron chi connectivity index (χ0n) is 9.06. The molecular weight excluding hydrogens is 245 g/mol. The fourth-order valence-electron chi connectivity index (χ4n) is 1.78. The Kier molecular flexibility index (Phi) is 3.42. The zero-order chi connectivity index (χ0) is 12.4. The summed E-state index contributed by atoms with van der Waals surface area (Å²) in [4.78, 5) is 12.5. The van der Waals surface area contributed by atoms with E-state index >= 15 is 0 Å². The van der Waals surface area contributed by atoms with Gasteiger partial charge >= 0.3 is 5.97 Å². The van der Waals surface area contributed by atoms with Gasteiger partial charge in [-0.1, -0.05) is 0 Å². The van der Waals surface area contributed by atoms with E-state index in [9.17, 15) is 13.4 Å². The molecule has 6 heteroatoms. The summed E-state index contributed by atoms with van der Waals surface area (Å²) < 4.78 is 24.9. The molecule has 17 heavy (non-hydrogen) atoms. The molecule has 1 aromatic rings. The lowest BCUT2D eigenvalue weighted by atomic mass is 10.2. The molecule has 0 unspecified atom stereocenters. The highest BCUT2D eigenvalue weighted by atomic mass is 32.2. The van der Waals surface area contributed by atoms with Gasteiger partial charge in [-0.25, -0.2) is 9.18 Å². The molecule has 1 heterocycles. The number of carbonyl (C=O) groups is 1. The summed E-state index contributed by atoms with van der Waals surface area (Å²) in [5.74, 6) is -0.631. The zero-order valence-corrected chi connectivity index (χ0v) is 9.87. The van der Waals surface area contributed by atoms with E-state index in [4.69, 9.17) is 5.11 Å². The van der Waals surface area contributed by atoms with E-state index in [-0.39, 0.29) is 5.56 Å². The largest absolute Gasteiger partial charge is 0.478 e. The summed E-state index contributed by atoms with van der Waals surface area (Å²) in [5, 5.41) is 8.72. The minimum atomic E-state index is -1.14. The lowest BCUT2D eigenvalue weighted by Gasteiger charge is -2.28. The Balaban J connectivity index is 2.21. The molecule has 0 atom stereocenters. The van der Waals surface area contributed by atoms with Gasteiger partial charge in [0.25, 0.3) is 0 Å². The number of benzene rings is 1.